The van der Waals surface area contributed by atoms with Crippen LogP contribution in [0.2, 0.25) is 0 Å². The van der Waals surface area contributed by atoms with Crippen LogP contribution in [0.1, 0.15) is 17.7 Å². The van der Waals surface area contributed by atoms with Crippen molar-refractivity contribution >= 4 is 16.0 Å². The molecular weight excluding hydrogens is 497 g/mol. The third-order valence-corrected chi connectivity index (χ3v) is 6.94. The van der Waals surface area contributed by atoms with E-state index in [-0.39, 0.29) is 28.4 Å². The maximum atomic E-state index is 14.4. The number of hydrogen-bond acceptors (Lipinski definition) is 5. The second-order valence-corrected chi connectivity index (χ2v) is 9.88. The topological polar surface area (TPSA) is 96.8 Å². The van der Waals surface area contributed by atoms with E-state index in [2.05, 4.69) is 11.6 Å². The summed E-state index contributed by atoms with van der Waals surface area (Å²) in [4.78, 5) is 15.0. The minimum Gasteiger partial charge on any atom is -0.481 e. The average Bonchev–Trinajstić information content (AvgIpc) is 2.83. The van der Waals surface area contributed by atoms with Gasteiger partial charge >= 0.3 is 5.97 Å². The Labute approximate surface area is 206 Å². The summed E-state index contributed by atoms with van der Waals surface area (Å²) < 4.78 is 74.2. The summed E-state index contributed by atoms with van der Waals surface area (Å²) in [7, 11) is -2.63. The van der Waals surface area contributed by atoms with Crippen LogP contribution in [0.3, 0.4) is 0 Å². The van der Waals surface area contributed by atoms with Gasteiger partial charge in [-0.15, -0.1) is 6.58 Å². The summed E-state index contributed by atoms with van der Waals surface area (Å²) in [5.41, 5.74) is 0.233. The molecule has 0 spiro atoms. The zero-order chi connectivity index (χ0) is 26.5. The number of aromatic nitrogens is 1. The summed E-state index contributed by atoms with van der Waals surface area (Å²) in [6, 6.07) is 12.8. The van der Waals surface area contributed by atoms with Crippen molar-refractivity contribution in [2.45, 2.75) is 23.8 Å². The Morgan fingerprint density at radius 2 is 1.86 bits per heavy atom. The molecule has 0 fully saturated rings. The lowest BCUT2D eigenvalue weighted by Crippen LogP contribution is -2.26. The lowest BCUT2D eigenvalue weighted by molar-refractivity contribution is -0.139. The lowest BCUT2D eigenvalue weighted by atomic mass is 10.0. The number of allylic oxidation sites excluding steroid dienone is 1. The number of nitrogens with zero attached hydrogens (tertiary/aromatic N) is 2. The molecule has 190 valence electrons. The summed E-state index contributed by atoms with van der Waals surface area (Å²) in [6.07, 6.45) is 0.450. The highest BCUT2D eigenvalue weighted by Crippen LogP contribution is 2.35. The van der Waals surface area contributed by atoms with E-state index in [9.17, 15) is 26.4 Å². The number of halogens is 3. The van der Waals surface area contributed by atoms with E-state index in [1.54, 1.807) is 0 Å². The standard InChI is InChI=1S/C25H23F3N2O5S/c1-3-13-25(27,28)23-6-4-5-21(29-23)20-14-17(7-12-22(20)35-16-24(31)32)15-30(2)36(33,34)19-10-8-18(26)9-11-19/h3-12,14H,1,13,15-16H2,2H3,(H,31,32). The third-order valence-electron chi connectivity index (χ3n) is 5.12. The number of alkyl halides is 2. The first kappa shape index (κ1) is 26.9. The normalized spacial score (nSPS) is 11.9. The van der Waals surface area contributed by atoms with Gasteiger partial charge in [0.2, 0.25) is 10.0 Å². The summed E-state index contributed by atoms with van der Waals surface area (Å²) in [6.45, 7) is 2.53. The summed E-state index contributed by atoms with van der Waals surface area (Å²) >= 11 is 0. The molecule has 2 aromatic carbocycles. The van der Waals surface area contributed by atoms with Gasteiger partial charge in [-0.05, 0) is 54.1 Å². The Hall–Kier alpha value is -3.70. The molecule has 0 bridgehead atoms. The number of aliphatic carboxylic acids is 1. The number of carboxylic acids is 1. The minimum atomic E-state index is -3.96. The van der Waals surface area contributed by atoms with Crippen molar-refractivity contribution in [3.63, 3.8) is 0 Å². The number of carbonyl (C=O) groups is 1. The van der Waals surface area contributed by atoms with E-state index in [1.165, 1.54) is 37.4 Å². The van der Waals surface area contributed by atoms with E-state index in [0.29, 0.717) is 5.56 Å². The molecule has 11 heteroatoms. The number of ether oxygens (including phenoxy) is 1. The maximum Gasteiger partial charge on any atom is 0.341 e. The van der Waals surface area contributed by atoms with E-state index in [4.69, 9.17) is 9.84 Å². The predicted molar refractivity (Wildman–Crippen MR) is 127 cm³/mol. The van der Waals surface area contributed by atoms with Crippen molar-refractivity contribution in [3.8, 4) is 17.0 Å². The molecule has 0 aliphatic rings. The van der Waals surface area contributed by atoms with Gasteiger partial charge < -0.3 is 9.84 Å². The molecule has 3 aromatic rings. The van der Waals surface area contributed by atoms with Gasteiger partial charge in [0.05, 0.1) is 10.6 Å². The van der Waals surface area contributed by atoms with Crippen LogP contribution in [0.5, 0.6) is 5.75 Å². The van der Waals surface area contributed by atoms with Crippen molar-refractivity contribution in [2.24, 2.45) is 0 Å². The molecule has 3 rings (SSSR count). The van der Waals surface area contributed by atoms with Crippen LogP contribution in [-0.2, 0) is 27.3 Å². The van der Waals surface area contributed by atoms with Gasteiger partial charge in [-0.25, -0.2) is 22.6 Å². The van der Waals surface area contributed by atoms with Crippen LogP contribution in [-0.4, -0.2) is 42.4 Å². The molecule has 0 aliphatic heterocycles. The molecule has 1 N–H and O–H groups in total. The van der Waals surface area contributed by atoms with Gasteiger partial charge in [0.1, 0.15) is 17.3 Å². The molecule has 1 heterocycles. The van der Waals surface area contributed by atoms with Crippen LogP contribution in [0.25, 0.3) is 11.3 Å². The highest BCUT2D eigenvalue weighted by Gasteiger charge is 2.32. The Bertz CT molecular complexity index is 1360. The maximum absolute atomic E-state index is 14.4. The number of benzene rings is 2. The molecule has 0 unspecified atom stereocenters. The van der Waals surface area contributed by atoms with Gasteiger partial charge in [0, 0.05) is 25.6 Å². The van der Waals surface area contributed by atoms with Crippen molar-refractivity contribution in [3.05, 3.63) is 90.4 Å². The van der Waals surface area contributed by atoms with Crippen LogP contribution >= 0.6 is 0 Å². The average molecular weight is 521 g/mol. The number of hydrogen-bond donors (Lipinski definition) is 1. The van der Waals surface area contributed by atoms with Gasteiger partial charge in [0.15, 0.2) is 6.61 Å². The van der Waals surface area contributed by atoms with E-state index in [1.807, 2.05) is 0 Å². The molecule has 36 heavy (non-hydrogen) atoms. The van der Waals surface area contributed by atoms with E-state index < -0.39 is 46.5 Å². The fourth-order valence-corrected chi connectivity index (χ4v) is 4.50. The monoisotopic (exact) mass is 520 g/mol. The first-order valence-electron chi connectivity index (χ1n) is 10.6. The fourth-order valence-electron chi connectivity index (χ4n) is 3.34. The minimum absolute atomic E-state index is 0.0712. The van der Waals surface area contributed by atoms with Crippen LogP contribution in [0, 0.1) is 5.82 Å². The molecule has 1 aromatic heterocycles. The molecule has 7 nitrogen and oxygen atoms in total. The van der Waals surface area contributed by atoms with Crippen molar-refractivity contribution in [1.29, 1.82) is 0 Å². The zero-order valence-electron chi connectivity index (χ0n) is 19.2. The molecule has 0 atom stereocenters. The molecule has 0 saturated heterocycles. The highest BCUT2D eigenvalue weighted by atomic mass is 32.2. The second-order valence-electron chi connectivity index (χ2n) is 7.83. The largest absolute Gasteiger partial charge is 0.481 e. The van der Waals surface area contributed by atoms with Crippen molar-refractivity contribution in [2.75, 3.05) is 13.7 Å². The Kier molecular flexibility index (Phi) is 8.16. The number of rotatable bonds is 11. The summed E-state index contributed by atoms with van der Waals surface area (Å²) in [5.74, 6) is -5.02. The fraction of sp³-hybridized carbons (Fsp3) is 0.200. The third kappa shape index (κ3) is 6.29. The van der Waals surface area contributed by atoms with Crippen LogP contribution in [0.4, 0.5) is 13.2 Å². The molecule has 0 saturated carbocycles. The molecule has 0 aliphatic carbocycles. The van der Waals surface area contributed by atoms with Crippen LogP contribution in [0.15, 0.2) is 78.2 Å². The number of carboxylic acid groups (broad SMARTS) is 1. The molecular formula is C25H23F3N2O5S. The van der Waals surface area contributed by atoms with Crippen molar-refractivity contribution < 1.29 is 36.2 Å². The number of sulfonamides is 1. The zero-order valence-corrected chi connectivity index (χ0v) is 20.0. The second kappa shape index (κ2) is 10.9. The Balaban J connectivity index is 2.00. The number of pyridine rings is 1. The molecule has 0 radical (unpaired) electrons. The lowest BCUT2D eigenvalue weighted by Gasteiger charge is -2.19. The summed E-state index contributed by atoms with van der Waals surface area (Å²) in [5, 5.41) is 8.99. The van der Waals surface area contributed by atoms with Gasteiger partial charge in [-0.1, -0.05) is 18.2 Å². The Morgan fingerprint density at radius 1 is 1.17 bits per heavy atom. The highest BCUT2D eigenvalue weighted by molar-refractivity contribution is 7.89. The Morgan fingerprint density at radius 3 is 2.50 bits per heavy atom. The SMILES string of the molecule is C=CCC(F)(F)c1cccc(-c2cc(CN(C)S(=O)(=O)c3ccc(F)cc3)ccc2OCC(=O)O)n1. The first-order valence-corrected chi connectivity index (χ1v) is 12.0. The predicted octanol–water partition coefficient (Wildman–Crippen LogP) is 4.84. The van der Waals surface area contributed by atoms with E-state index in [0.717, 1.165) is 40.7 Å². The quantitative estimate of drug-likeness (QED) is 0.364. The smallest absolute Gasteiger partial charge is 0.341 e. The van der Waals surface area contributed by atoms with E-state index >= 15 is 0 Å². The van der Waals surface area contributed by atoms with Gasteiger partial charge in [-0.3, -0.25) is 0 Å². The van der Waals surface area contributed by atoms with Gasteiger partial charge in [-0.2, -0.15) is 13.1 Å². The molecule has 0 amide bonds. The van der Waals surface area contributed by atoms with Crippen LogP contribution < -0.4 is 4.74 Å². The first-order chi connectivity index (χ1) is 16.9. The van der Waals surface area contributed by atoms with Crippen molar-refractivity contribution in [1.82, 2.24) is 9.29 Å². The van der Waals surface area contributed by atoms with Gasteiger partial charge in [0.25, 0.3) is 5.92 Å².